The first-order valence-corrected chi connectivity index (χ1v) is 8.22. The van der Waals surface area contributed by atoms with Crippen molar-refractivity contribution < 1.29 is 0 Å². The highest BCUT2D eigenvalue weighted by atomic mass is 15.1. The zero-order valence-corrected chi connectivity index (χ0v) is 13.6. The molecule has 114 valence electrons. The van der Waals surface area contributed by atoms with E-state index in [0.717, 1.165) is 12.5 Å². The van der Waals surface area contributed by atoms with Crippen LogP contribution in [0, 0.1) is 5.92 Å². The highest BCUT2D eigenvalue weighted by molar-refractivity contribution is 4.74. The first-order valence-electron chi connectivity index (χ1n) is 8.22. The average Bonchev–Trinajstić information content (AvgIpc) is 2.36. The van der Waals surface area contributed by atoms with E-state index in [1.807, 2.05) is 0 Å². The second-order valence-electron chi connectivity index (χ2n) is 6.50. The van der Waals surface area contributed by atoms with Crippen molar-refractivity contribution in [1.82, 2.24) is 15.1 Å². The van der Waals surface area contributed by atoms with E-state index < -0.39 is 0 Å². The predicted molar refractivity (Wildman–Crippen MR) is 84.7 cm³/mol. The number of nitrogens with zero attached hydrogens (tertiary/aromatic N) is 2. The molecule has 1 aliphatic heterocycles. The van der Waals surface area contributed by atoms with Gasteiger partial charge in [0.15, 0.2) is 0 Å². The maximum Gasteiger partial charge on any atom is 0.00386 e. The van der Waals surface area contributed by atoms with Crippen molar-refractivity contribution in [2.45, 2.75) is 52.0 Å². The quantitative estimate of drug-likeness (QED) is 0.649. The van der Waals surface area contributed by atoms with Crippen LogP contribution in [-0.2, 0) is 0 Å². The summed E-state index contributed by atoms with van der Waals surface area (Å²) in [6.07, 6.45) is 6.85. The third-order valence-electron chi connectivity index (χ3n) is 4.24. The third-order valence-corrected chi connectivity index (χ3v) is 4.24. The van der Waals surface area contributed by atoms with Crippen LogP contribution in [0.15, 0.2) is 0 Å². The molecule has 1 rings (SSSR count). The van der Waals surface area contributed by atoms with Gasteiger partial charge in [-0.15, -0.1) is 0 Å². The average molecular weight is 269 g/mol. The van der Waals surface area contributed by atoms with Crippen LogP contribution in [0.25, 0.3) is 0 Å². The molecule has 1 aliphatic rings. The van der Waals surface area contributed by atoms with Gasteiger partial charge in [-0.1, -0.05) is 13.3 Å². The van der Waals surface area contributed by atoms with E-state index in [1.165, 1.54) is 58.3 Å². The van der Waals surface area contributed by atoms with Crippen LogP contribution >= 0.6 is 0 Å². The zero-order chi connectivity index (χ0) is 14.1. The van der Waals surface area contributed by atoms with Gasteiger partial charge in [0, 0.05) is 12.6 Å². The van der Waals surface area contributed by atoms with E-state index in [9.17, 15) is 0 Å². The molecule has 1 unspecified atom stereocenters. The number of piperidine rings is 1. The fraction of sp³-hybridized carbons (Fsp3) is 1.00. The Morgan fingerprint density at radius 2 is 1.89 bits per heavy atom. The Morgan fingerprint density at radius 3 is 2.47 bits per heavy atom. The zero-order valence-electron chi connectivity index (χ0n) is 13.6. The molecule has 3 heteroatoms. The summed E-state index contributed by atoms with van der Waals surface area (Å²) in [7, 11) is 4.38. The van der Waals surface area contributed by atoms with Gasteiger partial charge < -0.3 is 15.1 Å². The number of hydrogen-bond donors (Lipinski definition) is 1. The van der Waals surface area contributed by atoms with Crippen LogP contribution in [0.4, 0.5) is 0 Å². The number of hydrogen-bond acceptors (Lipinski definition) is 3. The molecule has 1 heterocycles. The Balaban J connectivity index is 2.00. The largest absolute Gasteiger partial charge is 0.315 e. The second-order valence-corrected chi connectivity index (χ2v) is 6.50. The summed E-state index contributed by atoms with van der Waals surface area (Å²) in [4.78, 5) is 5.01. The Labute approximate surface area is 120 Å². The Hall–Kier alpha value is -0.120. The minimum absolute atomic E-state index is 0.691. The number of nitrogens with one attached hydrogen (secondary N) is 1. The van der Waals surface area contributed by atoms with E-state index in [4.69, 9.17) is 0 Å². The van der Waals surface area contributed by atoms with E-state index >= 15 is 0 Å². The van der Waals surface area contributed by atoms with Crippen LogP contribution in [0.2, 0.25) is 0 Å². The van der Waals surface area contributed by atoms with E-state index in [2.05, 4.69) is 43.1 Å². The molecular formula is C16H35N3. The fourth-order valence-electron chi connectivity index (χ4n) is 3.15. The maximum atomic E-state index is 3.49. The van der Waals surface area contributed by atoms with Gasteiger partial charge in [0.25, 0.3) is 0 Å². The van der Waals surface area contributed by atoms with Gasteiger partial charge in [-0.25, -0.2) is 0 Å². The summed E-state index contributed by atoms with van der Waals surface area (Å²) in [6.45, 7) is 10.8. The Kier molecular flexibility index (Phi) is 8.67. The number of likely N-dealkylation sites (tertiary alicyclic amines) is 1. The molecule has 1 fully saturated rings. The molecule has 0 aliphatic carbocycles. The highest BCUT2D eigenvalue weighted by Gasteiger charge is 2.18. The van der Waals surface area contributed by atoms with Crippen LogP contribution in [0.1, 0.15) is 46.0 Å². The van der Waals surface area contributed by atoms with Gasteiger partial charge in [-0.2, -0.15) is 0 Å². The van der Waals surface area contributed by atoms with Crippen molar-refractivity contribution in [2.75, 3.05) is 46.8 Å². The summed E-state index contributed by atoms with van der Waals surface area (Å²) in [5.74, 6) is 0.931. The summed E-state index contributed by atoms with van der Waals surface area (Å²) >= 11 is 0. The molecule has 0 radical (unpaired) electrons. The molecule has 0 aromatic heterocycles. The molecule has 1 N–H and O–H groups in total. The van der Waals surface area contributed by atoms with E-state index in [1.54, 1.807) is 0 Å². The molecule has 1 atom stereocenters. The molecule has 0 spiro atoms. The summed E-state index contributed by atoms with van der Waals surface area (Å²) in [5, 5.41) is 3.49. The lowest BCUT2D eigenvalue weighted by molar-refractivity contribution is 0.160. The highest BCUT2D eigenvalue weighted by Crippen LogP contribution is 2.18. The van der Waals surface area contributed by atoms with Crippen LogP contribution in [-0.4, -0.2) is 62.7 Å². The summed E-state index contributed by atoms with van der Waals surface area (Å²) in [5.41, 5.74) is 0. The normalized spacial score (nSPS) is 20.1. The van der Waals surface area contributed by atoms with Crippen molar-refractivity contribution in [2.24, 2.45) is 5.92 Å². The Morgan fingerprint density at radius 1 is 1.21 bits per heavy atom. The van der Waals surface area contributed by atoms with Crippen molar-refractivity contribution in [3.05, 3.63) is 0 Å². The predicted octanol–water partition coefficient (Wildman–Crippen LogP) is 2.43. The van der Waals surface area contributed by atoms with Gasteiger partial charge >= 0.3 is 0 Å². The van der Waals surface area contributed by atoms with Crippen LogP contribution in [0.5, 0.6) is 0 Å². The topological polar surface area (TPSA) is 18.5 Å². The van der Waals surface area contributed by atoms with E-state index in [-0.39, 0.29) is 0 Å². The lowest BCUT2D eigenvalue weighted by Crippen LogP contribution is -2.37. The molecule has 19 heavy (non-hydrogen) atoms. The first kappa shape index (κ1) is 16.9. The molecule has 0 aromatic rings. The van der Waals surface area contributed by atoms with E-state index in [0.29, 0.717) is 6.04 Å². The smallest absolute Gasteiger partial charge is 0.00386 e. The number of rotatable bonds is 9. The lowest BCUT2D eigenvalue weighted by atomic mass is 9.96. The lowest BCUT2D eigenvalue weighted by Gasteiger charge is -2.33. The SMILES string of the molecule is CCNC(C)CCCCN1CCC(CN(C)C)CC1. The standard InChI is InChI=1S/C16H35N3/c1-5-17-15(2)8-6-7-11-19-12-9-16(10-13-19)14-18(3)4/h15-17H,5-14H2,1-4H3. The third kappa shape index (κ3) is 7.91. The molecule has 0 bridgehead atoms. The molecular weight excluding hydrogens is 234 g/mol. The Bertz CT molecular complexity index is 210. The molecule has 3 nitrogen and oxygen atoms in total. The van der Waals surface area contributed by atoms with Crippen LogP contribution < -0.4 is 5.32 Å². The minimum Gasteiger partial charge on any atom is -0.315 e. The van der Waals surface area contributed by atoms with Gasteiger partial charge in [-0.3, -0.25) is 0 Å². The summed E-state index contributed by atoms with van der Waals surface area (Å²) < 4.78 is 0. The van der Waals surface area contributed by atoms with Crippen molar-refractivity contribution in [1.29, 1.82) is 0 Å². The van der Waals surface area contributed by atoms with Gasteiger partial charge in [0.05, 0.1) is 0 Å². The van der Waals surface area contributed by atoms with Crippen LogP contribution in [0.3, 0.4) is 0 Å². The van der Waals surface area contributed by atoms with Gasteiger partial charge in [-0.05, 0) is 78.8 Å². The molecule has 0 saturated carbocycles. The maximum absolute atomic E-state index is 3.49. The molecule has 0 aromatic carbocycles. The molecule has 1 saturated heterocycles. The first-order chi connectivity index (χ1) is 9.11. The monoisotopic (exact) mass is 269 g/mol. The second kappa shape index (κ2) is 9.73. The van der Waals surface area contributed by atoms with Gasteiger partial charge in [0.1, 0.15) is 0 Å². The minimum atomic E-state index is 0.691. The fourth-order valence-corrected chi connectivity index (χ4v) is 3.15. The molecule has 0 amide bonds. The van der Waals surface area contributed by atoms with Gasteiger partial charge in [0.2, 0.25) is 0 Å². The summed E-state index contributed by atoms with van der Waals surface area (Å²) in [6, 6.07) is 0.691. The number of unbranched alkanes of at least 4 members (excludes halogenated alkanes) is 1. The van der Waals surface area contributed by atoms with Crippen molar-refractivity contribution in [3.8, 4) is 0 Å². The van der Waals surface area contributed by atoms with Crippen molar-refractivity contribution in [3.63, 3.8) is 0 Å². The van der Waals surface area contributed by atoms with Crippen molar-refractivity contribution >= 4 is 0 Å².